The lowest BCUT2D eigenvalue weighted by Gasteiger charge is -2.30. The van der Waals surface area contributed by atoms with Crippen molar-refractivity contribution in [3.63, 3.8) is 0 Å². The molecule has 0 aliphatic carbocycles. The zero-order valence-electron chi connectivity index (χ0n) is 13.6. The van der Waals surface area contributed by atoms with Crippen LogP contribution in [-0.2, 0) is 19.6 Å². The van der Waals surface area contributed by atoms with Crippen LogP contribution >= 0.6 is 12.2 Å². The van der Waals surface area contributed by atoms with E-state index in [-0.39, 0.29) is 24.1 Å². The molecule has 1 atom stereocenters. The van der Waals surface area contributed by atoms with E-state index in [4.69, 9.17) is 17.0 Å². The molecule has 0 aromatic carbocycles. The Balaban J connectivity index is 2.35. The lowest BCUT2D eigenvalue weighted by atomic mass is 9.99. The molecule has 1 heterocycles. The first kappa shape index (κ1) is 20.1. The van der Waals surface area contributed by atoms with E-state index in [1.165, 1.54) is 4.31 Å². The van der Waals surface area contributed by atoms with E-state index in [0.717, 1.165) is 6.42 Å². The molecule has 0 unspecified atom stereocenters. The van der Waals surface area contributed by atoms with Crippen LogP contribution in [0.5, 0.6) is 0 Å². The van der Waals surface area contributed by atoms with Crippen LogP contribution in [0.15, 0.2) is 0 Å². The van der Waals surface area contributed by atoms with E-state index in [1.54, 1.807) is 14.0 Å². The summed E-state index contributed by atoms with van der Waals surface area (Å²) >= 11 is 5.04. The zero-order valence-corrected chi connectivity index (χ0v) is 15.3. The summed E-state index contributed by atoms with van der Waals surface area (Å²) in [5.74, 6) is -0.564. The number of hydrogen-bond acceptors (Lipinski definition) is 5. The molecule has 1 amide bonds. The summed E-state index contributed by atoms with van der Waals surface area (Å²) in [6.45, 7) is 3.58. The number of nitrogens with one attached hydrogen (secondary N) is 3. The number of hydrogen-bond donors (Lipinski definition) is 3. The van der Waals surface area contributed by atoms with Crippen molar-refractivity contribution >= 4 is 33.3 Å². The summed E-state index contributed by atoms with van der Waals surface area (Å²) in [5, 5.41) is 3.26. The first-order valence-electron chi connectivity index (χ1n) is 7.71. The number of rotatable bonds is 7. The summed E-state index contributed by atoms with van der Waals surface area (Å²) in [6, 6.07) is 0. The maximum absolute atomic E-state index is 12.1. The lowest BCUT2D eigenvalue weighted by molar-refractivity contribution is -0.126. The molecule has 10 heteroatoms. The Bertz CT molecular complexity index is 498. The fourth-order valence-electron chi connectivity index (χ4n) is 2.27. The molecule has 0 aromatic heterocycles. The Morgan fingerprint density at radius 2 is 2.13 bits per heavy atom. The van der Waals surface area contributed by atoms with Crippen molar-refractivity contribution < 1.29 is 17.9 Å². The Labute approximate surface area is 143 Å². The van der Waals surface area contributed by atoms with E-state index in [1.807, 2.05) is 0 Å². The van der Waals surface area contributed by atoms with Gasteiger partial charge >= 0.3 is 0 Å². The molecule has 3 N–H and O–H groups in total. The van der Waals surface area contributed by atoms with Gasteiger partial charge in [0.1, 0.15) is 0 Å². The number of nitrogens with zero attached hydrogens (tertiary/aromatic N) is 1. The first-order valence-corrected chi connectivity index (χ1v) is 9.73. The number of thiocarbonyl (C=S) groups is 1. The van der Waals surface area contributed by atoms with Gasteiger partial charge < -0.3 is 10.1 Å². The molecule has 1 saturated heterocycles. The minimum absolute atomic E-state index is 0.0507. The number of carbonyl (C=O) groups excluding carboxylic acids is 1. The minimum atomic E-state index is -3.25. The van der Waals surface area contributed by atoms with Gasteiger partial charge in [-0.1, -0.05) is 0 Å². The van der Waals surface area contributed by atoms with Crippen LogP contribution in [-0.4, -0.2) is 62.8 Å². The van der Waals surface area contributed by atoms with Gasteiger partial charge in [0.2, 0.25) is 15.9 Å². The Morgan fingerprint density at radius 1 is 1.39 bits per heavy atom. The van der Waals surface area contributed by atoms with Gasteiger partial charge in [-0.05, 0) is 38.4 Å². The highest BCUT2D eigenvalue weighted by molar-refractivity contribution is 7.89. The molecular weight excluding hydrogens is 340 g/mol. The highest BCUT2D eigenvalue weighted by Gasteiger charge is 2.31. The third-order valence-corrected chi connectivity index (χ3v) is 5.72. The van der Waals surface area contributed by atoms with Gasteiger partial charge in [-0.25, -0.2) is 12.7 Å². The molecule has 0 radical (unpaired) electrons. The molecule has 0 spiro atoms. The van der Waals surface area contributed by atoms with Crippen LogP contribution in [0.4, 0.5) is 0 Å². The molecule has 0 bridgehead atoms. The Morgan fingerprint density at radius 3 is 2.78 bits per heavy atom. The predicted octanol–water partition coefficient (Wildman–Crippen LogP) is -0.420. The van der Waals surface area contributed by atoms with Crippen molar-refractivity contribution in [3.05, 3.63) is 0 Å². The van der Waals surface area contributed by atoms with Crippen molar-refractivity contribution in [2.75, 3.05) is 39.1 Å². The van der Waals surface area contributed by atoms with Crippen molar-refractivity contribution in [2.24, 2.45) is 5.92 Å². The number of piperidine rings is 1. The van der Waals surface area contributed by atoms with Gasteiger partial charge in [0.05, 0.1) is 11.7 Å². The Kier molecular flexibility index (Phi) is 8.74. The predicted molar refractivity (Wildman–Crippen MR) is 92.1 cm³/mol. The number of hydrazine groups is 1. The molecule has 1 rings (SSSR count). The molecule has 8 nitrogen and oxygen atoms in total. The molecule has 0 aromatic rings. The van der Waals surface area contributed by atoms with Crippen LogP contribution in [0.3, 0.4) is 0 Å². The van der Waals surface area contributed by atoms with Gasteiger partial charge in [0, 0.05) is 33.4 Å². The fraction of sp³-hybridized carbons (Fsp3) is 0.846. The highest BCUT2D eigenvalue weighted by atomic mass is 32.2. The fourth-order valence-corrected chi connectivity index (χ4v) is 3.61. The molecule has 0 saturated carbocycles. The average Bonchev–Trinajstić information content (AvgIpc) is 2.56. The summed E-state index contributed by atoms with van der Waals surface area (Å²) in [6.07, 6.45) is 2.15. The second-order valence-corrected chi connectivity index (χ2v) is 7.98. The van der Waals surface area contributed by atoms with Crippen molar-refractivity contribution in [1.29, 1.82) is 0 Å². The summed E-state index contributed by atoms with van der Waals surface area (Å²) in [7, 11) is -1.63. The average molecular weight is 367 g/mol. The van der Waals surface area contributed by atoms with E-state index in [9.17, 15) is 13.2 Å². The Hall–Kier alpha value is -0.970. The molecule has 1 aliphatic heterocycles. The lowest BCUT2D eigenvalue weighted by Crippen LogP contribution is -2.52. The summed E-state index contributed by atoms with van der Waals surface area (Å²) < 4.78 is 30.1. The van der Waals surface area contributed by atoms with Crippen molar-refractivity contribution in [3.8, 4) is 0 Å². The number of carbonyl (C=O) groups is 1. The smallest absolute Gasteiger partial charge is 0.242 e. The quantitative estimate of drug-likeness (QED) is 0.320. The van der Waals surface area contributed by atoms with Crippen LogP contribution in [0.1, 0.15) is 26.2 Å². The normalized spacial score (nSPS) is 19.1. The van der Waals surface area contributed by atoms with Crippen LogP contribution in [0.2, 0.25) is 0 Å². The third-order valence-electron chi connectivity index (χ3n) is 3.62. The second-order valence-electron chi connectivity index (χ2n) is 5.31. The zero-order chi connectivity index (χ0) is 17.3. The van der Waals surface area contributed by atoms with E-state index >= 15 is 0 Å². The maximum atomic E-state index is 12.1. The molecule has 1 fully saturated rings. The molecule has 23 heavy (non-hydrogen) atoms. The molecule has 1 aliphatic rings. The monoisotopic (exact) mass is 366 g/mol. The van der Waals surface area contributed by atoms with Gasteiger partial charge in [-0.2, -0.15) is 0 Å². The number of amides is 1. The van der Waals surface area contributed by atoms with E-state index < -0.39 is 10.0 Å². The van der Waals surface area contributed by atoms with Crippen molar-refractivity contribution in [1.82, 2.24) is 20.5 Å². The summed E-state index contributed by atoms with van der Waals surface area (Å²) in [5.41, 5.74) is 5.17. The van der Waals surface area contributed by atoms with Crippen LogP contribution in [0.25, 0.3) is 0 Å². The summed E-state index contributed by atoms with van der Waals surface area (Å²) in [4.78, 5) is 12.1. The topological polar surface area (TPSA) is 99.8 Å². The van der Waals surface area contributed by atoms with E-state index in [0.29, 0.717) is 37.7 Å². The standard InChI is InChI=1S/C13H26N4O4S2/c1-3-23(19,20)17-8-4-6-11(10-17)12(18)15-16-13(22)14-7-5-9-21-2/h11H,3-10H2,1-2H3,(H,15,18)(H2,14,16,22)/t11-/m1/s1. The molecular formula is C13H26N4O4S2. The van der Waals surface area contributed by atoms with Gasteiger partial charge in [-0.15, -0.1) is 0 Å². The number of sulfonamides is 1. The third kappa shape index (κ3) is 6.98. The van der Waals surface area contributed by atoms with Crippen molar-refractivity contribution in [2.45, 2.75) is 26.2 Å². The number of methoxy groups -OCH3 is 1. The van der Waals surface area contributed by atoms with Crippen LogP contribution < -0.4 is 16.2 Å². The minimum Gasteiger partial charge on any atom is -0.385 e. The van der Waals surface area contributed by atoms with Gasteiger partial charge in [0.15, 0.2) is 5.11 Å². The van der Waals surface area contributed by atoms with Crippen LogP contribution in [0, 0.1) is 5.92 Å². The highest BCUT2D eigenvalue weighted by Crippen LogP contribution is 2.19. The SMILES string of the molecule is CCS(=O)(=O)N1CCC[C@@H](C(=O)NNC(=S)NCCCOC)C1. The van der Waals surface area contributed by atoms with E-state index in [2.05, 4.69) is 16.2 Å². The van der Waals surface area contributed by atoms with Gasteiger partial charge in [0.25, 0.3) is 0 Å². The first-order chi connectivity index (χ1) is 10.9. The number of ether oxygens (including phenoxy) is 1. The largest absolute Gasteiger partial charge is 0.385 e. The maximum Gasteiger partial charge on any atom is 0.242 e. The van der Waals surface area contributed by atoms with Gasteiger partial charge in [-0.3, -0.25) is 15.6 Å². The molecule has 134 valence electrons. The second kappa shape index (κ2) is 10.0.